The van der Waals surface area contributed by atoms with E-state index in [9.17, 15) is 13.2 Å². The van der Waals surface area contributed by atoms with Crippen molar-refractivity contribution in [3.63, 3.8) is 0 Å². The molecule has 0 radical (unpaired) electrons. The highest BCUT2D eigenvalue weighted by Crippen LogP contribution is 2.18. The van der Waals surface area contributed by atoms with Crippen LogP contribution >= 0.6 is 0 Å². The second-order valence-electron chi connectivity index (χ2n) is 8.98. The van der Waals surface area contributed by atoms with Crippen molar-refractivity contribution in [1.82, 2.24) is 14.1 Å². The minimum absolute atomic E-state index is 0.0872. The molecule has 2 fully saturated rings. The van der Waals surface area contributed by atoms with Crippen LogP contribution in [-0.2, 0) is 26.1 Å². The number of rotatable bonds is 7. The Morgan fingerprint density at radius 3 is 2.29 bits per heavy atom. The van der Waals surface area contributed by atoms with Crippen LogP contribution in [0.25, 0.3) is 0 Å². The molecule has 2 aromatic carbocycles. The maximum absolute atomic E-state index is 13.0. The lowest BCUT2D eigenvalue weighted by atomic mass is 10.2. The second kappa shape index (κ2) is 11.4. The smallest absolute Gasteiger partial charge is 0.243 e. The molecule has 0 bridgehead atoms. The van der Waals surface area contributed by atoms with Gasteiger partial charge >= 0.3 is 0 Å². The lowest BCUT2D eigenvalue weighted by Gasteiger charge is -2.26. The van der Waals surface area contributed by atoms with Crippen molar-refractivity contribution in [1.29, 1.82) is 0 Å². The Morgan fingerprint density at radius 2 is 1.59 bits per heavy atom. The Kier molecular flexibility index (Phi) is 8.33. The summed E-state index contributed by atoms with van der Waals surface area (Å²) in [4.78, 5) is 17.3. The van der Waals surface area contributed by atoms with Gasteiger partial charge in [-0.2, -0.15) is 4.31 Å². The third-order valence-corrected chi connectivity index (χ3v) is 8.23. The van der Waals surface area contributed by atoms with Gasteiger partial charge in [-0.3, -0.25) is 14.6 Å². The summed E-state index contributed by atoms with van der Waals surface area (Å²) in [6.07, 6.45) is 0.689. The molecule has 4 rings (SSSR count). The molecule has 0 saturated carbocycles. The minimum Gasteiger partial charge on any atom is -0.379 e. The number of carbonyl (C=O) groups is 1. The summed E-state index contributed by atoms with van der Waals surface area (Å²) in [5.41, 5.74) is 3.01. The summed E-state index contributed by atoms with van der Waals surface area (Å²) in [7, 11) is -3.52. The van der Waals surface area contributed by atoms with Crippen LogP contribution in [0.2, 0.25) is 0 Å². The van der Waals surface area contributed by atoms with Crippen LogP contribution in [0.4, 0.5) is 5.69 Å². The van der Waals surface area contributed by atoms with E-state index in [0.29, 0.717) is 37.5 Å². The van der Waals surface area contributed by atoms with Crippen molar-refractivity contribution in [2.24, 2.45) is 0 Å². The first kappa shape index (κ1) is 24.8. The first-order valence-electron chi connectivity index (χ1n) is 11.9. The van der Waals surface area contributed by atoms with Gasteiger partial charge in [0, 0.05) is 45.0 Å². The molecule has 0 aromatic heterocycles. The van der Waals surface area contributed by atoms with Crippen LogP contribution in [0.3, 0.4) is 0 Å². The molecular formula is C25H34N4O4S. The maximum atomic E-state index is 13.0. The van der Waals surface area contributed by atoms with Gasteiger partial charge in [0.1, 0.15) is 0 Å². The molecule has 0 unspecified atom stereocenters. The molecule has 1 amide bonds. The molecule has 2 aromatic rings. The number of aryl methyl sites for hydroxylation is 1. The highest BCUT2D eigenvalue weighted by atomic mass is 32.2. The van der Waals surface area contributed by atoms with E-state index in [1.54, 1.807) is 12.1 Å². The fourth-order valence-corrected chi connectivity index (χ4v) is 5.79. The number of nitrogens with one attached hydrogen (secondary N) is 1. The fraction of sp³-hybridized carbons (Fsp3) is 0.480. The van der Waals surface area contributed by atoms with E-state index in [4.69, 9.17) is 4.74 Å². The number of nitrogens with zero attached hydrogens (tertiary/aromatic N) is 3. The predicted molar refractivity (Wildman–Crippen MR) is 132 cm³/mol. The Balaban J connectivity index is 1.26. The molecule has 2 aliphatic heterocycles. The normalized spacial score (nSPS) is 19.0. The van der Waals surface area contributed by atoms with Crippen molar-refractivity contribution in [3.05, 3.63) is 59.7 Å². The van der Waals surface area contributed by atoms with Gasteiger partial charge in [0.25, 0.3) is 0 Å². The SMILES string of the molecule is Cc1ccc(S(=O)(=O)N2CCCN(CC(=O)Nc3ccc(CN4CCOCC4)cc3)CC2)cc1. The molecule has 2 heterocycles. The van der Waals surface area contributed by atoms with Crippen LogP contribution in [0, 0.1) is 6.92 Å². The number of carbonyl (C=O) groups excluding carboxylic acids is 1. The number of hydrogen-bond donors (Lipinski definition) is 1. The van der Waals surface area contributed by atoms with Gasteiger partial charge in [-0.15, -0.1) is 0 Å². The van der Waals surface area contributed by atoms with Crippen molar-refractivity contribution >= 4 is 21.6 Å². The molecule has 2 aliphatic rings. The maximum Gasteiger partial charge on any atom is 0.243 e. The van der Waals surface area contributed by atoms with Gasteiger partial charge < -0.3 is 10.1 Å². The summed E-state index contributed by atoms with van der Waals surface area (Å²) in [6.45, 7) is 8.55. The van der Waals surface area contributed by atoms with Gasteiger partial charge in [-0.25, -0.2) is 8.42 Å². The zero-order valence-electron chi connectivity index (χ0n) is 19.8. The Labute approximate surface area is 202 Å². The molecule has 0 atom stereocenters. The molecule has 1 N–H and O–H groups in total. The summed E-state index contributed by atoms with van der Waals surface area (Å²) < 4.78 is 32.9. The molecule has 0 aliphatic carbocycles. The van der Waals surface area contributed by atoms with Gasteiger partial charge in [-0.1, -0.05) is 29.8 Å². The molecule has 0 spiro atoms. The van der Waals surface area contributed by atoms with E-state index in [-0.39, 0.29) is 12.5 Å². The van der Waals surface area contributed by atoms with Crippen LogP contribution in [-0.4, -0.2) is 87.5 Å². The first-order chi connectivity index (χ1) is 16.4. The van der Waals surface area contributed by atoms with Gasteiger partial charge in [0.15, 0.2) is 0 Å². The van der Waals surface area contributed by atoms with Crippen LogP contribution in [0.1, 0.15) is 17.5 Å². The molecule has 9 heteroatoms. The largest absolute Gasteiger partial charge is 0.379 e. The number of anilines is 1. The highest BCUT2D eigenvalue weighted by molar-refractivity contribution is 7.89. The molecular weight excluding hydrogens is 452 g/mol. The summed E-state index contributed by atoms with van der Waals surface area (Å²) in [5.74, 6) is -0.0872. The lowest BCUT2D eigenvalue weighted by molar-refractivity contribution is -0.117. The van der Waals surface area contributed by atoms with Crippen molar-refractivity contribution in [2.45, 2.75) is 24.8 Å². The van der Waals surface area contributed by atoms with Gasteiger partial charge in [-0.05, 0) is 49.7 Å². The summed E-state index contributed by atoms with van der Waals surface area (Å²) >= 11 is 0. The van der Waals surface area contributed by atoms with Gasteiger partial charge in [0.2, 0.25) is 15.9 Å². The fourth-order valence-electron chi connectivity index (χ4n) is 4.32. The topological polar surface area (TPSA) is 82.2 Å². The minimum atomic E-state index is -3.52. The zero-order chi connectivity index (χ0) is 24.0. The predicted octanol–water partition coefficient (Wildman–Crippen LogP) is 2.16. The number of amides is 1. The van der Waals surface area contributed by atoms with E-state index >= 15 is 0 Å². The van der Waals surface area contributed by atoms with E-state index in [2.05, 4.69) is 10.2 Å². The summed E-state index contributed by atoms with van der Waals surface area (Å²) in [6, 6.07) is 14.9. The average molecular weight is 487 g/mol. The van der Waals surface area contributed by atoms with Crippen LogP contribution in [0.5, 0.6) is 0 Å². The molecule has 8 nitrogen and oxygen atoms in total. The quantitative estimate of drug-likeness (QED) is 0.646. The van der Waals surface area contributed by atoms with Crippen molar-refractivity contribution < 1.29 is 17.9 Å². The second-order valence-corrected chi connectivity index (χ2v) is 10.9. The highest BCUT2D eigenvalue weighted by Gasteiger charge is 2.27. The number of ether oxygens (including phenoxy) is 1. The third-order valence-electron chi connectivity index (χ3n) is 6.32. The Bertz CT molecular complexity index is 1050. The Hall–Kier alpha value is -2.30. The van der Waals surface area contributed by atoms with E-state index in [1.807, 2.05) is 48.2 Å². The number of sulfonamides is 1. The number of morpholine rings is 1. The van der Waals surface area contributed by atoms with Gasteiger partial charge in [0.05, 0.1) is 24.7 Å². The first-order valence-corrected chi connectivity index (χ1v) is 13.3. The summed E-state index contributed by atoms with van der Waals surface area (Å²) in [5, 5.41) is 2.97. The van der Waals surface area contributed by atoms with Crippen molar-refractivity contribution in [2.75, 3.05) is 64.3 Å². The molecule has 184 valence electrons. The molecule has 2 saturated heterocycles. The van der Waals surface area contributed by atoms with Crippen LogP contribution in [0.15, 0.2) is 53.4 Å². The van der Waals surface area contributed by atoms with E-state index in [0.717, 1.165) is 44.1 Å². The van der Waals surface area contributed by atoms with E-state index < -0.39 is 10.0 Å². The standard InChI is InChI=1S/C25H34N4O4S/c1-21-3-9-24(10-4-21)34(31,32)29-12-2-11-27(13-14-29)20-25(30)26-23-7-5-22(6-8-23)19-28-15-17-33-18-16-28/h3-10H,2,11-20H2,1H3,(H,26,30). The number of hydrogen-bond acceptors (Lipinski definition) is 6. The average Bonchev–Trinajstić information content (AvgIpc) is 3.07. The zero-order valence-corrected chi connectivity index (χ0v) is 20.6. The monoisotopic (exact) mass is 486 g/mol. The van der Waals surface area contributed by atoms with E-state index in [1.165, 1.54) is 9.87 Å². The lowest BCUT2D eigenvalue weighted by Crippen LogP contribution is -2.38. The molecule has 34 heavy (non-hydrogen) atoms. The van der Waals surface area contributed by atoms with Crippen molar-refractivity contribution in [3.8, 4) is 0 Å². The Morgan fingerprint density at radius 1 is 0.882 bits per heavy atom. The number of benzene rings is 2. The third kappa shape index (κ3) is 6.64. The van der Waals surface area contributed by atoms with Crippen LogP contribution < -0.4 is 5.32 Å².